The molecule has 122 valence electrons. The monoisotopic (exact) mass is 349 g/mol. The van der Waals surface area contributed by atoms with Gasteiger partial charge in [-0.1, -0.05) is 34.6 Å². The van der Waals surface area contributed by atoms with Crippen LogP contribution in [0.15, 0.2) is 63.5 Å². The van der Waals surface area contributed by atoms with E-state index in [9.17, 15) is 4.21 Å². The minimum atomic E-state index is -2.94. The molecule has 2 rings (SSSR count). The number of ether oxygens (including phenoxy) is 1. The number of hydrogen-bond donors (Lipinski definition) is 0. The summed E-state index contributed by atoms with van der Waals surface area (Å²) in [5, 5.41) is 4.59. The Morgan fingerprint density at radius 3 is 2.30 bits per heavy atom. The van der Waals surface area contributed by atoms with Gasteiger partial charge in [0.1, 0.15) is 10.8 Å². The maximum absolute atomic E-state index is 12.5. The van der Waals surface area contributed by atoms with E-state index in [1.54, 1.807) is 38.3 Å². The van der Waals surface area contributed by atoms with Crippen LogP contribution in [0.3, 0.4) is 0 Å². The summed E-state index contributed by atoms with van der Waals surface area (Å²) < 4.78 is 22.8. The zero-order valence-electron chi connectivity index (χ0n) is 13.3. The van der Waals surface area contributed by atoms with Gasteiger partial charge in [-0.25, -0.2) is 4.21 Å². The summed E-state index contributed by atoms with van der Waals surface area (Å²) in [4.78, 5) is 1.51. The SMILES string of the molecule is C=S(=O)(ON=C(C)Sc1ccc(C)cc1)c1ccc(OC)cc1. The fourth-order valence-electron chi connectivity index (χ4n) is 1.73. The first kappa shape index (κ1) is 17.4. The molecule has 0 aromatic heterocycles. The number of methoxy groups -OCH3 is 1. The molecule has 0 aliphatic heterocycles. The first-order chi connectivity index (χ1) is 10.9. The second-order valence-electron chi connectivity index (χ2n) is 4.89. The Hall–Kier alpha value is -1.92. The molecule has 0 saturated carbocycles. The lowest BCUT2D eigenvalue weighted by atomic mass is 10.2. The van der Waals surface area contributed by atoms with Gasteiger partial charge in [-0.2, -0.15) is 0 Å². The van der Waals surface area contributed by atoms with Crippen molar-refractivity contribution in [2.24, 2.45) is 5.16 Å². The lowest BCUT2D eigenvalue weighted by Crippen LogP contribution is -2.03. The highest BCUT2D eigenvalue weighted by Crippen LogP contribution is 2.22. The zero-order chi connectivity index (χ0) is 16.9. The normalized spacial score (nSPS) is 14.1. The van der Waals surface area contributed by atoms with E-state index in [2.05, 4.69) is 11.0 Å². The van der Waals surface area contributed by atoms with Crippen LogP contribution in [0.25, 0.3) is 0 Å². The van der Waals surface area contributed by atoms with Gasteiger partial charge in [0, 0.05) is 4.90 Å². The van der Waals surface area contributed by atoms with Crippen molar-refractivity contribution in [1.29, 1.82) is 0 Å². The molecule has 0 aliphatic carbocycles. The highest BCUT2D eigenvalue weighted by atomic mass is 32.2. The molecule has 4 nitrogen and oxygen atoms in total. The van der Waals surface area contributed by atoms with Crippen molar-refractivity contribution in [2.75, 3.05) is 7.11 Å². The van der Waals surface area contributed by atoms with E-state index in [4.69, 9.17) is 9.02 Å². The predicted molar refractivity (Wildman–Crippen MR) is 97.8 cm³/mol. The highest BCUT2D eigenvalue weighted by Gasteiger charge is 2.09. The smallest absolute Gasteiger partial charge is 0.173 e. The summed E-state index contributed by atoms with van der Waals surface area (Å²) in [6.45, 7) is 3.83. The van der Waals surface area contributed by atoms with Crippen LogP contribution in [0.1, 0.15) is 12.5 Å². The van der Waals surface area contributed by atoms with Crippen molar-refractivity contribution in [2.45, 2.75) is 23.6 Å². The van der Waals surface area contributed by atoms with E-state index in [-0.39, 0.29) is 0 Å². The highest BCUT2D eigenvalue weighted by molar-refractivity contribution is 8.13. The van der Waals surface area contributed by atoms with Crippen molar-refractivity contribution in [1.82, 2.24) is 0 Å². The quantitative estimate of drug-likeness (QED) is 0.268. The Labute approximate surface area is 141 Å². The summed E-state index contributed by atoms with van der Waals surface area (Å²) >= 11 is 1.45. The van der Waals surface area contributed by atoms with Gasteiger partial charge in [0.25, 0.3) is 0 Å². The number of nitrogens with zero attached hydrogens (tertiary/aromatic N) is 1. The Balaban J connectivity index is 2.05. The molecule has 1 unspecified atom stereocenters. The zero-order valence-corrected chi connectivity index (χ0v) is 14.9. The third-order valence-electron chi connectivity index (χ3n) is 2.99. The fraction of sp³-hybridized carbons (Fsp3) is 0.176. The molecule has 2 aromatic rings. The molecule has 0 saturated heterocycles. The molecule has 0 N–H and O–H groups in total. The summed E-state index contributed by atoms with van der Waals surface area (Å²) in [6.07, 6.45) is 0. The molecule has 2 aromatic carbocycles. The number of benzene rings is 2. The second kappa shape index (κ2) is 7.57. The lowest BCUT2D eigenvalue weighted by Gasteiger charge is -2.08. The average molecular weight is 349 g/mol. The number of aryl methyl sites for hydroxylation is 1. The molecule has 0 heterocycles. The van der Waals surface area contributed by atoms with Gasteiger partial charge < -0.3 is 4.74 Å². The van der Waals surface area contributed by atoms with Gasteiger partial charge in [-0.05, 0) is 56.1 Å². The number of hydrogen-bond acceptors (Lipinski definition) is 5. The van der Waals surface area contributed by atoms with Gasteiger partial charge in [-0.3, -0.25) is 4.28 Å². The number of thioether (sulfide) groups is 1. The molecule has 0 amide bonds. The maximum atomic E-state index is 12.5. The Morgan fingerprint density at radius 2 is 1.74 bits per heavy atom. The molecule has 0 fully saturated rings. The van der Waals surface area contributed by atoms with Crippen molar-refractivity contribution >= 4 is 32.5 Å². The van der Waals surface area contributed by atoms with Crippen LogP contribution in [0.5, 0.6) is 5.75 Å². The first-order valence-corrected chi connectivity index (χ1v) is 9.36. The van der Waals surface area contributed by atoms with Gasteiger partial charge in [0.2, 0.25) is 0 Å². The van der Waals surface area contributed by atoms with E-state index in [1.807, 2.05) is 31.2 Å². The second-order valence-corrected chi connectivity index (χ2v) is 8.01. The molecule has 6 heteroatoms. The van der Waals surface area contributed by atoms with E-state index in [0.29, 0.717) is 15.7 Å². The Bertz CT molecular complexity index is 780. The van der Waals surface area contributed by atoms with E-state index in [0.717, 1.165) is 4.90 Å². The maximum Gasteiger partial charge on any atom is 0.173 e. The van der Waals surface area contributed by atoms with E-state index in [1.165, 1.54) is 17.3 Å². The van der Waals surface area contributed by atoms with Crippen LogP contribution in [0.2, 0.25) is 0 Å². The predicted octanol–water partition coefficient (Wildman–Crippen LogP) is 4.14. The Morgan fingerprint density at radius 1 is 1.13 bits per heavy atom. The topological polar surface area (TPSA) is 47.9 Å². The third kappa shape index (κ3) is 5.04. The standard InChI is InChI=1S/C17H19NO3S2/c1-13-5-9-16(10-6-13)22-14(2)18-21-23(4,19)17-11-7-15(20-3)8-12-17/h5-12H,4H2,1-3H3. The number of oxime groups is 1. The minimum Gasteiger partial charge on any atom is -0.497 e. The minimum absolute atomic E-state index is 0.468. The van der Waals surface area contributed by atoms with Crippen LogP contribution in [-0.4, -0.2) is 22.2 Å². The molecular formula is C17H19NO3S2. The fourth-order valence-corrected chi connectivity index (χ4v) is 3.34. The summed E-state index contributed by atoms with van der Waals surface area (Å²) in [6, 6.07) is 14.8. The van der Waals surface area contributed by atoms with Crippen LogP contribution in [0, 0.1) is 6.92 Å². The van der Waals surface area contributed by atoms with Gasteiger partial charge in [0.15, 0.2) is 9.80 Å². The molecule has 0 bridgehead atoms. The van der Waals surface area contributed by atoms with Crippen LogP contribution in [0.4, 0.5) is 0 Å². The van der Waals surface area contributed by atoms with Crippen molar-refractivity contribution in [3.63, 3.8) is 0 Å². The van der Waals surface area contributed by atoms with E-state index >= 15 is 0 Å². The molecular weight excluding hydrogens is 330 g/mol. The first-order valence-electron chi connectivity index (χ1n) is 6.90. The number of rotatable bonds is 5. The lowest BCUT2D eigenvalue weighted by molar-refractivity contribution is 0.372. The van der Waals surface area contributed by atoms with Crippen LogP contribution < -0.4 is 4.74 Å². The average Bonchev–Trinajstić information content (AvgIpc) is 2.55. The molecule has 23 heavy (non-hydrogen) atoms. The third-order valence-corrected chi connectivity index (χ3v) is 5.17. The van der Waals surface area contributed by atoms with Crippen molar-refractivity contribution in [3.05, 3.63) is 54.1 Å². The van der Waals surface area contributed by atoms with Gasteiger partial charge in [-0.15, -0.1) is 0 Å². The van der Waals surface area contributed by atoms with Crippen LogP contribution >= 0.6 is 11.8 Å². The molecule has 0 radical (unpaired) electrons. The largest absolute Gasteiger partial charge is 0.497 e. The van der Waals surface area contributed by atoms with E-state index < -0.39 is 9.80 Å². The summed E-state index contributed by atoms with van der Waals surface area (Å²) in [7, 11) is -1.36. The summed E-state index contributed by atoms with van der Waals surface area (Å²) in [5.74, 6) is 4.31. The van der Waals surface area contributed by atoms with Crippen LogP contribution in [-0.2, 0) is 14.1 Å². The molecule has 0 aliphatic rings. The summed E-state index contributed by atoms with van der Waals surface area (Å²) in [5.41, 5.74) is 1.19. The van der Waals surface area contributed by atoms with Gasteiger partial charge >= 0.3 is 0 Å². The van der Waals surface area contributed by atoms with Crippen molar-refractivity contribution in [3.8, 4) is 5.75 Å². The van der Waals surface area contributed by atoms with Crippen molar-refractivity contribution < 1.29 is 13.2 Å². The van der Waals surface area contributed by atoms with Gasteiger partial charge in [0.05, 0.1) is 12.0 Å². The Kier molecular flexibility index (Phi) is 5.74. The molecule has 0 spiro atoms. The molecule has 1 atom stereocenters.